The van der Waals surface area contributed by atoms with Crippen LogP contribution in [-0.2, 0) is 12.0 Å². The van der Waals surface area contributed by atoms with Crippen LogP contribution >= 0.6 is 0 Å². The number of rotatable bonds is 5. The molecule has 0 unspecified atom stereocenters. The summed E-state index contributed by atoms with van der Waals surface area (Å²) in [5, 5.41) is 13.5. The second kappa shape index (κ2) is 8.10. The van der Waals surface area contributed by atoms with E-state index in [1.165, 1.54) is 5.56 Å². The predicted molar refractivity (Wildman–Crippen MR) is 117 cm³/mol. The Morgan fingerprint density at radius 2 is 1.57 bits per heavy atom. The first-order chi connectivity index (χ1) is 14.4. The number of methoxy groups -OCH3 is 2. The number of piperazine rings is 1. The summed E-state index contributed by atoms with van der Waals surface area (Å²) in [6.45, 7) is 11.0. The van der Waals surface area contributed by atoms with Gasteiger partial charge in [0.1, 0.15) is 17.3 Å². The molecular formula is C22H30N6O2. The monoisotopic (exact) mass is 410 g/mol. The molecule has 30 heavy (non-hydrogen) atoms. The Labute approximate surface area is 177 Å². The molecule has 3 heterocycles. The van der Waals surface area contributed by atoms with Gasteiger partial charge < -0.3 is 14.4 Å². The summed E-state index contributed by atoms with van der Waals surface area (Å²) in [4.78, 5) is 4.77. The van der Waals surface area contributed by atoms with E-state index in [1.807, 2.05) is 22.7 Å². The number of hydrogen-bond donors (Lipinski definition) is 0. The van der Waals surface area contributed by atoms with E-state index in [0.717, 1.165) is 61.5 Å². The van der Waals surface area contributed by atoms with Crippen molar-refractivity contribution < 1.29 is 9.47 Å². The third kappa shape index (κ3) is 4.18. The maximum absolute atomic E-state index is 5.40. The predicted octanol–water partition coefficient (Wildman–Crippen LogP) is 2.76. The molecule has 0 N–H and O–H groups in total. The third-order valence-electron chi connectivity index (χ3n) is 5.43. The maximum Gasteiger partial charge on any atom is 0.178 e. The number of benzene rings is 1. The molecule has 3 aromatic rings. The molecule has 0 amide bonds. The highest BCUT2D eigenvalue weighted by Gasteiger charge is 2.24. The quantitative estimate of drug-likeness (QED) is 0.641. The van der Waals surface area contributed by atoms with Gasteiger partial charge in [0.05, 0.1) is 14.2 Å². The van der Waals surface area contributed by atoms with Crippen LogP contribution in [0.4, 0.5) is 5.82 Å². The van der Waals surface area contributed by atoms with Crippen LogP contribution in [0.2, 0.25) is 0 Å². The van der Waals surface area contributed by atoms with Gasteiger partial charge in [-0.2, -0.15) is 4.52 Å². The minimum Gasteiger partial charge on any atom is -0.497 e. The topological polar surface area (TPSA) is 68.0 Å². The lowest BCUT2D eigenvalue weighted by Gasteiger charge is -2.35. The summed E-state index contributed by atoms with van der Waals surface area (Å²) in [5.74, 6) is 3.49. The molecule has 0 atom stereocenters. The molecule has 160 valence electrons. The van der Waals surface area contributed by atoms with Gasteiger partial charge in [-0.1, -0.05) is 20.8 Å². The summed E-state index contributed by atoms with van der Waals surface area (Å²) in [5.41, 5.74) is 1.87. The SMILES string of the molecule is COc1cc(CN2CCN(c3ccc4nnc(C(C)(C)C)n4n3)CC2)cc(OC)c1. The zero-order valence-electron chi connectivity index (χ0n) is 18.4. The first-order valence-electron chi connectivity index (χ1n) is 10.3. The van der Waals surface area contributed by atoms with Crippen LogP contribution in [0.5, 0.6) is 11.5 Å². The normalized spacial score (nSPS) is 15.6. The van der Waals surface area contributed by atoms with Gasteiger partial charge in [-0.15, -0.1) is 15.3 Å². The fourth-order valence-corrected chi connectivity index (χ4v) is 3.77. The van der Waals surface area contributed by atoms with Gasteiger partial charge in [0.25, 0.3) is 0 Å². The van der Waals surface area contributed by atoms with Crippen LogP contribution in [0, 0.1) is 0 Å². The average Bonchev–Trinajstić information content (AvgIpc) is 3.17. The van der Waals surface area contributed by atoms with Crippen molar-refractivity contribution in [3.05, 3.63) is 41.7 Å². The fraction of sp³-hybridized carbons (Fsp3) is 0.500. The van der Waals surface area contributed by atoms with Crippen LogP contribution in [0.3, 0.4) is 0 Å². The highest BCUT2D eigenvalue weighted by atomic mass is 16.5. The van der Waals surface area contributed by atoms with Gasteiger partial charge in [0.15, 0.2) is 11.5 Å². The minimum atomic E-state index is -0.110. The van der Waals surface area contributed by atoms with Gasteiger partial charge in [-0.25, -0.2) is 0 Å². The van der Waals surface area contributed by atoms with Crippen molar-refractivity contribution in [2.24, 2.45) is 0 Å². The molecule has 1 saturated heterocycles. The number of hydrogen-bond acceptors (Lipinski definition) is 7. The van der Waals surface area contributed by atoms with E-state index in [9.17, 15) is 0 Å². The van der Waals surface area contributed by atoms with E-state index in [4.69, 9.17) is 14.6 Å². The number of anilines is 1. The summed E-state index contributed by atoms with van der Waals surface area (Å²) < 4.78 is 12.7. The van der Waals surface area contributed by atoms with E-state index in [-0.39, 0.29) is 5.41 Å². The average molecular weight is 411 g/mol. The van der Waals surface area contributed by atoms with E-state index in [2.05, 4.69) is 52.9 Å². The molecule has 1 aromatic carbocycles. The molecule has 8 heteroatoms. The maximum atomic E-state index is 5.40. The van der Waals surface area contributed by atoms with Crippen molar-refractivity contribution in [3.8, 4) is 11.5 Å². The highest BCUT2D eigenvalue weighted by molar-refractivity contribution is 5.46. The number of nitrogens with zero attached hydrogens (tertiary/aromatic N) is 6. The molecule has 2 aromatic heterocycles. The molecule has 0 saturated carbocycles. The molecule has 0 radical (unpaired) electrons. The van der Waals surface area contributed by atoms with Crippen molar-refractivity contribution in [2.75, 3.05) is 45.3 Å². The summed E-state index contributed by atoms with van der Waals surface area (Å²) in [6, 6.07) is 10.1. The number of aromatic nitrogens is 4. The van der Waals surface area contributed by atoms with Crippen LogP contribution in [0.25, 0.3) is 5.65 Å². The lowest BCUT2D eigenvalue weighted by molar-refractivity contribution is 0.248. The molecule has 0 bridgehead atoms. The Balaban J connectivity index is 1.45. The largest absolute Gasteiger partial charge is 0.497 e. The van der Waals surface area contributed by atoms with E-state index >= 15 is 0 Å². The highest BCUT2D eigenvalue weighted by Crippen LogP contribution is 2.25. The van der Waals surface area contributed by atoms with E-state index in [1.54, 1.807) is 14.2 Å². The first kappa shape index (κ1) is 20.4. The summed E-state index contributed by atoms with van der Waals surface area (Å²) in [6.07, 6.45) is 0. The van der Waals surface area contributed by atoms with Gasteiger partial charge in [0.2, 0.25) is 0 Å². The zero-order valence-corrected chi connectivity index (χ0v) is 18.4. The van der Waals surface area contributed by atoms with Gasteiger partial charge >= 0.3 is 0 Å². The van der Waals surface area contributed by atoms with Crippen molar-refractivity contribution in [3.63, 3.8) is 0 Å². The summed E-state index contributed by atoms with van der Waals surface area (Å²) >= 11 is 0. The number of ether oxygens (including phenoxy) is 2. The van der Waals surface area contributed by atoms with E-state index < -0.39 is 0 Å². The molecule has 0 spiro atoms. The molecule has 1 fully saturated rings. The van der Waals surface area contributed by atoms with Gasteiger partial charge in [0, 0.05) is 44.2 Å². The molecule has 1 aliphatic rings. The second-order valence-corrected chi connectivity index (χ2v) is 8.72. The fourth-order valence-electron chi connectivity index (χ4n) is 3.77. The first-order valence-corrected chi connectivity index (χ1v) is 10.3. The standard InChI is InChI=1S/C22H30N6O2/c1-22(2,3)21-24-23-19-6-7-20(25-28(19)21)27-10-8-26(9-11-27)15-16-12-17(29-4)14-18(13-16)30-5/h6-7,12-14H,8-11,15H2,1-5H3. The Bertz CT molecular complexity index is 996. The van der Waals surface area contributed by atoms with Crippen LogP contribution in [-0.4, -0.2) is 65.1 Å². The van der Waals surface area contributed by atoms with Crippen LogP contribution in [0.1, 0.15) is 32.2 Å². The van der Waals surface area contributed by atoms with Crippen molar-refractivity contribution in [1.82, 2.24) is 24.7 Å². The summed E-state index contributed by atoms with van der Waals surface area (Å²) in [7, 11) is 3.37. The molecule has 4 rings (SSSR count). The lowest BCUT2D eigenvalue weighted by atomic mass is 9.96. The molecule has 1 aliphatic heterocycles. The van der Waals surface area contributed by atoms with E-state index in [0.29, 0.717) is 0 Å². The lowest BCUT2D eigenvalue weighted by Crippen LogP contribution is -2.46. The Morgan fingerprint density at radius 3 is 2.17 bits per heavy atom. The number of fused-ring (bicyclic) bond motifs is 1. The molecular weight excluding hydrogens is 380 g/mol. The third-order valence-corrected chi connectivity index (χ3v) is 5.43. The van der Waals surface area contributed by atoms with Crippen LogP contribution < -0.4 is 14.4 Å². The Morgan fingerprint density at radius 1 is 0.900 bits per heavy atom. The van der Waals surface area contributed by atoms with Crippen molar-refractivity contribution >= 4 is 11.5 Å². The van der Waals surface area contributed by atoms with Crippen LogP contribution in [0.15, 0.2) is 30.3 Å². The zero-order chi connectivity index (χ0) is 21.3. The molecule has 0 aliphatic carbocycles. The van der Waals surface area contributed by atoms with Crippen molar-refractivity contribution in [2.45, 2.75) is 32.7 Å². The van der Waals surface area contributed by atoms with Gasteiger partial charge in [-0.3, -0.25) is 4.90 Å². The smallest absolute Gasteiger partial charge is 0.178 e. The Kier molecular flexibility index (Phi) is 5.51. The second-order valence-electron chi connectivity index (χ2n) is 8.72. The van der Waals surface area contributed by atoms with Crippen molar-refractivity contribution in [1.29, 1.82) is 0 Å². The molecule has 8 nitrogen and oxygen atoms in total. The minimum absolute atomic E-state index is 0.110. The van der Waals surface area contributed by atoms with Gasteiger partial charge in [-0.05, 0) is 29.8 Å². The Hall–Kier alpha value is -2.87.